The van der Waals surface area contributed by atoms with E-state index in [2.05, 4.69) is 32.9 Å². The van der Waals surface area contributed by atoms with E-state index < -0.39 is 11.7 Å². The molecule has 0 spiro atoms. The molecular formula is C16H26O2. The first-order valence-corrected chi connectivity index (χ1v) is 6.95. The maximum absolute atomic E-state index is 10.5. The van der Waals surface area contributed by atoms with Crippen molar-refractivity contribution >= 4 is 0 Å². The summed E-state index contributed by atoms with van der Waals surface area (Å²) >= 11 is 0. The van der Waals surface area contributed by atoms with Crippen molar-refractivity contribution in [3.05, 3.63) is 35.4 Å². The van der Waals surface area contributed by atoms with Gasteiger partial charge in [-0.05, 0) is 30.4 Å². The van der Waals surface area contributed by atoms with Gasteiger partial charge in [0.05, 0.1) is 5.60 Å². The molecule has 1 N–H and O–H groups in total. The third kappa shape index (κ3) is 3.12. The number of aliphatic hydroxyl groups excluding tert-OH is 1. The molecule has 2 nitrogen and oxygen atoms in total. The molecule has 1 aromatic rings. The monoisotopic (exact) mass is 250 g/mol. The summed E-state index contributed by atoms with van der Waals surface area (Å²) in [6.07, 6.45) is 3.28. The molecular weight excluding hydrogens is 224 g/mol. The third-order valence-electron chi connectivity index (χ3n) is 3.94. The standard InChI is InChI=1S/C16H26O2/c1-5-8-13-9-11-14(12-10-13)15(17)16(6-2,7-3)18-4/h9-12,15,17H,5-8H2,1-4H3. The second-order valence-corrected chi connectivity index (χ2v) is 4.87. The summed E-state index contributed by atoms with van der Waals surface area (Å²) in [7, 11) is 1.68. The highest BCUT2D eigenvalue weighted by atomic mass is 16.5. The minimum absolute atomic E-state index is 0.466. The minimum atomic E-state index is -0.562. The van der Waals surface area contributed by atoms with E-state index >= 15 is 0 Å². The Kier molecular flexibility index (Phi) is 5.83. The fourth-order valence-electron chi connectivity index (χ4n) is 2.50. The molecule has 1 aromatic carbocycles. The first kappa shape index (κ1) is 15.2. The Hall–Kier alpha value is -0.860. The third-order valence-corrected chi connectivity index (χ3v) is 3.94. The van der Waals surface area contributed by atoms with Gasteiger partial charge in [-0.2, -0.15) is 0 Å². The molecule has 0 saturated heterocycles. The van der Waals surface area contributed by atoms with Crippen LogP contribution in [0.3, 0.4) is 0 Å². The molecule has 0 fully saturated rings. The number of aliphatic hydroxyl groups is 1. The molecule has 1 rings (SSSR count). The largest absolute Gasteiger partial charge is 0.385 e. The van der Waals surface area contributed by atoms with Gasteiger partial charge in [0.2, 0.25) is 0 Å². The van der Waals surface area contributed by atoms with Crippen LogP contribution in [-0.2, 0) is 11.2 Å². The van der Waals surface area contributed by atoms with Crippen molar-refractivity contribution in [1.82, 2.24) is 0 Å². The van der Waals surface area contributed by atoms with E-state index in [0.29, 0.717) is 0 Å². The number of benzene rings is 1. The van der Waals surface area contributed by atoms with E-state index in [1.807, 2.05) is 12.1 Å². The molecule has 2 heteroatoms. The highest BCUT2D eigenvalue weighted by Crippen LogP contribution is 2.34. The van der Waals surface area contributed by atoms with Crippen LogP contribution in [0.15, 0.2) is 24.3 Å². The van der Waals surface area contributed by atoms with Crippen molar-refractivity contribution in [2.45, 2.75) is 58.2 Å². The Morgan fingerprint density at radius 2 is 1.67 bits per heavy atom. The van der Waals surface area contributed by atoms with Crippen molar-refractivity contribution in [3.63, 3.8) is 0 Å². The Morgan fingerprint density at radius 1 is 1.11 bits per heavy atom. The Labute approximate surface area is 111 Å². The molecule has 0 heterocycles. The first-order chi connectivity index (χ1) is 8.63. The maximum atomic E-state index is 10.5. The van der Waals surface area contributed by atoms with Gasteiger partial charge in [-0.1, -0.05) is 51.5 Å². The summed E-state index contributed by atoms with van der Waals surface area (Å²) in [5, 5.41) is 10.5. The van der Waals surface area contributed by atoms with Gasteiger partial charge in [-0.3, -0.25) is 0 Å². The van der Waals surface area contributed by atoms with Gasteiger partial charge < -0.3 is 9.84 Å². The Morgan fingerprint density at radius 3 is 2.06 bits per heavy atom. The van der Waals surface area contributed by atoms with Crippen LogP contribution in [0.5, 0.6) is 0 Å². The molecule has 0 amide bonds. The lowest BCUT2D eigenvalue weighted by Crippen LogP contribution is -2.37. The maximum Gasteiger partial charge on any atom is 0.108 e. The number of aryl methyl sites for hydroxylation is 1. The van der Waals surface area contributed by atoms with Gasteiger partial charge in [-0.25, -0.2) is 0 Å². The van der Waals surface area contributed by atoms with Crippen LogP contribution >= 0.6 is 0 Å². The highest BCUT2D eigenvalue weighted by molar-refractivity contribution is 5.26. The molecule has 0 aliphatic carbocycles. The smallest absolute Gasteiger partial charge is 0.108 e. The van der Waals surface area contributed by atoms with Gasteiger partial charge in [-0.15, -0.1) is 0 Å². The zero-order valence-corrected chi connectivity index (χ0v) is 12.1. The van der Waals surface area contributed by atoms with Crippen molar-refractivity contribution in [2.24, 2.45) is 0 Å². The van der Waals surface area contributed by atoms with E-state index in [9.17, 15) is 5.11 Å². The van der Waals surface area contributed by atoms with Gasteiger partial charge in [0.15, 0.2) is 0 Å². The van der Waals surface area contributed by atoms with Gasteiger partial charge >= 0.3 is 0 Å². The second-order valence-electron chi connectivity index (χ2n) is 4.87. The molecule has 0 radical (unpaired) electrons. The highest BCUT2D eigenvalue weighted by Gasteiger charge is 2.35. The van der Waals surface area contributed by atoms with E-state index in [1.54, 1.807) is 7.11 Å². The molecule has 1 unspecified atom stereocenters. The molecule has 0 aliphatic rings. The quantitative estimate of drug-likeness (QED) is 0.796. The fraction of sp³-hybridized carbons (Fsp3) is 0.625. The van der Waals surface area contributed by atoms with E-state index in [0.717, 1.165) is 31.2 Å². The van der Waals surface area contributed by atoms with Crippen LogP contribution in [0, 0.1) is 0 Å². The summed E-state index contributed by atoms with van der Waals surface area (Å²) in [6, 6.07) is 8.26. The number of hydrogen-bond donors (Lipinski definition) is 1. The average Bonchev–Trinajstić information content (AvgIpc) is 2.42. The van der Waals surface area contributed by atoms with Crippen molar-refractivity contribution in [3.8, 4) is 0 Å². The minimum Gasteiger partial charge on any atom is -0.385 e. The van der Waals surface area contributed by atoms with Crippen LogP contribution in [0.2, 0.25) is 0 Å². The summed E-state index contributed by atoms with van der Waals surface area (Å²) < 4.78 is 5.58. The SMILES string of the molecule is CCCc1ccc(C(O)C(CC)(CC)OC)cc1. The normalized spacial score (nSPS) is 13.6. The summed E-state index contributed by atoms with van der Waals surface area (Å²) in [5.74, 6) is 0. The summed E-state index contributed by atoms with van der Waals surface area (Å²) in [5.41, 5.74) is 1.80. The molecule has 0 saturated carbocycles. The molecule has 0 aliphatic heterocycles. The number of hydrogen-bond acceptors (Lipinski definition) is 2. The molecule has 0 bridgehead atoms. The second kappa shape index (κ2) is 6.91. The van der Waals surface area contributed by atoms with Crippen LogP contribution in [0.4, 0.5) is 0 Å². The molecule has 102 valence electrons. The zero-order chi connectivity index (χ0) is 13.6. The van der Waals surface area contributed by atoms with Crippen molar-refractivity contribution in [1.29, 1.82) is 0 Å². The lowest BCUT2D eigenvalue weighted by molar-refractivity contribution is -0.109. The molecule has 18 heavy (non-hydrogen) atoms. The number of methoxy groups -OCH3 is 1. The van der Waals surface area contributed by atoms with Gasteiger partial charge in [0.25, 0.3) is 0 Å². The predicted molar refractivity (Wildman–Crippen MR) is 75.7 cm³/mol. The van der Waals surface area contributed by atoms with Crippen molar-refractivity contribution < 1.29 is 9.84 Å². The zero-order valence-electron chi connectivity index (χ0n) is 12.1. The lowest BCUT2D eigenvalue weighted by Gasteiger charge is -2.35. The van der Waals surface area contributed by atoms with E-state index in [-0.39, 0.29) is 0 Å². The first-order valence-electron chi connectivity index (χ1n) is 6.95. The predicted octanol–water partition coefficient (Wildman–Crippen LogP) is 3.88. The Balaban J connectivity index is 2.91. The topological polar surface area (TPSA) is 29.5 Å². The van der Waals surface area contributed by atoms with Crippen LogP contribution < -0.4 is 0 Å². The van der Waals surface area contributed by atoms with Gasteiger partial charge in [0, 0.05) is 7.11 Å². The lowest BCUT2D eigenvalue weighted by atomic mass is 9.86. The molecule has 0 aromatic heterocycles. The van der Waals surface area contributed by atoms with Crippen LogP contribution in [-0.4, -0.2) is 17.8 Å². The van der Waals surface area contributed by atoms with Gasteiger partial charge in [0.1, 0.15) is 6.10 Å². The number of ether oxygens (including phenoxy) is 1. The summed E-state index contributed by atoms with van der Waals surface area (Å²) in [4.78, 5) is 0. The van der Waals surface area contributed by atoms with Crippen LogP contribution in [0.1, 0.15) is 57.3 Å². The van der Waals surface area contributed by atoms with E-state index in [1.165, 1.54) is 5.56 Å². The average molecular weight is 250 g/mol. The number of rotatable bonds is 7. The fourth-order valence-corrected chi connectivity index (χ4v) is 2.50. The molecule has 1 atom stereocenters. The Bertz CT molecular complexity index is 330. The van der Waals surface area contributed by atoms with Crippen LogP contribution in [0.25, 0.3) is 0 Å². The van der Waals surface area contributed by atoms with Crippen molar-refractivity contribution in [2.75, 3.05) is 7.11 Å². The summed E-state index contributed by atoms with van der Waals surface area (Å²) in [6.45, 7) is 6.29. The van der Waals surface area contributed by atoms with E-state index in [4.69, 9.17) is 4.74 Å².